The van der Waals surface area contributed by atoms with E-state index in [4.69, 9.17) is 5.11 Å². The minimum atomic E-state index is -0.872. The summed E-state index contributed by atoms with van der Waals surface area (Å²) in [5, 5.41) is 15.6. The molecular formula is C5H8N2O2. The number of carbonyl (C=O) groups is 1. The number of aliphatic carboxylic acids is 1. The fraction of sp³-hybridized carbons (Fsp3) is 0.800. The first-order chi connectivity index (χ1) is 4.20. The summed E-state index contributed by atoms with van der Waals surface area (Å²) in [6, 6.07) is -0.494. The monoisotopic (exact) mass is 128 g/mol. The average molecular weight is 128 g/mol. The number of rotatable bonds is 1. The maximum Gasteiger partial charge on any atom is 0.330 e. The van der Waals surface area contributed by atoms with Crippen molar-refractivity contribution in [2.45, 2.75) is 25.4 Å². The Hall–Kier alpha value is -0.930. The smallest absolute Gasteiger partial charge is 0.330 e. The maximum absolute atomic E-state index is 10.2. The standard InChI is InChI=1S/C5H8N2O2/c1-3-2-4(5(8)9)7-6-3/h3-4H,2H2,1H3,(H,8,9). The number of hydrogen-bond donors (Lipinski definition) is 1. The highest BCUT2D eigenvalue weighted by Crippen LogP contribution is 2.14. The summed E-state index contributed by atoms with van der Waals surface area (Å²) in [6.45, 7) is 1.85. The zero-order valence-corrected chi connectivity index (χ0v) is 5.11. The van der Waals surface area contributed by atoms with Gasteiger partial charge in [0.25, 0.3) is 0 Å². The van der Waals surface area contributed by atoms with E-state index in [1.807, 2.05) is 6.92 Å². The molecule has 0 radical (unpaired) electrons. The third-order valence-corrected chi connectivity index (χ3v) is 1.25. The molecule has 0 aromatic rings. The summed E-state index contributed by atoms with van der Waals surface area (Å²) in [5.74, 6) is -0.872. The van der Waals surface area contributed by atoms with Gasteiger partial charge in [-0.15, -0.1) is 0 Å². The van der Waals surface area contributed by atoms with Crippen molar-refractivity contribution in [3.63, 3.8) is 0 Å². The molecule has 1 N–H and O–H groups in total. The van der Waals surface area contributed by atoms with Gasteiger partial charge in [-0.1, -0.05) is 0 Å². The Labute approximate surface area is 52.6 Å². The summed E-state index contributed by atoms with van der Waals surface area (Å²) < 4.78 is 0. The molecule has 0 spiro atoms. The van der Waals surface area contributed by atoms with Gasteiger partial charge in [-0.25, -0.2) is 4.79 Å². The lowest BCUT2D eigenvalue weighted by molar-refractivity contribution is -0.138. The van der Waals surface area contributed by atoms with Crippen molar-refractivity contribution in [3.05, 3.63) is 0 Å². The van der Waals surface area contributed by atoms with Crippen LogP contribution in [0, 0.1) is 0 Å². The summed E-state index contributed by atoms with van der Waals surface area (Å²) in [7, 11) is 0. The Balaban J connectivity index is 2.50. The highest BCUT2D eigenvalue weighted by Gasteiger charge is 2.24. The fourth-order valence-corrected chi connectivity index (χ4v) is 0.762. The molecule has 0 aliphatic carbocycles. The maximum atomic E-state index is 10.2. The van der Waals surface area contributed by atoms with Crippen LogP contribution in [0.4, 0.5) is 0 Å². The van der Waals surface area contributed by atoms with Crippen molar-refractivity contribution in [3.8, 4) is 0 Å². The second-order valence-electron chi connectivity index (χ2n) is 2.17. The van der Waals surface area contributed by atoms with E-state index in [0.29, 0.717) is 6.42 Å². The molecule has 0 fully saturated rings. The van der Waals surface area contributed by atoms with Gasteiger partial charge in [-0.05, 0) is 6.92 Å². The van der Waals surface area contributed by atoms with Crippen LogP contribution in [0.25, 0.3) is 0 Å². The summed E-state index contributed by atoms with van der Waals surface area (Å²) in [5.41, 5.74) is 0. The lowest BCUT2D eigenvalue weighted by Crippen LogP contribution is -2.16. The molecule has 0 saturated carbocycles. The van der Waals surface area contributed by atoms with Gasteiger partial charge in [0.1, 0.15) is 0 Å². The zero-order valence-electron chi connectivity index (χ0n) is 5.11. The molecule has 1 aliphatic heterocycles. The van der Waals surface area contributed by atoms with Gasteiger partial charge in [0.2, 0.25) is 0 Å². The Bertz CT molecular complexity index is 155. The number of nitrogens with zero attached hydrogens (tertiary/aromatic N) is 2. The van der Waals surface area contributed by atoms with E-state index >= 15 is 0 Å². The van der Waals surface area contributed by atoms with Crippen molar-refractivity contribution in [2.24, 2.45) is 10.2 Å². The van der Waals surface area contributed by atoms with Crippen LogP contribution in [0.15, 0.2) is 10.2 Å². The van der Waals surface area contributed by atoms with Crippen molar-refractivity contribution in [2.75, 3.05) is 0 Å². The summed E-state index contributed by atoms with van der Waals surface area (Å²) in [4.78, 5) is 10.2. The lowest BCUT2D eigenvalue weighted by atomic mass is 10.1. The lowest BCUT2D eigenvalue weighted by Gasteiger charge is -1.95. The fourth-order valence-electron chi connectivity index (χ4n) is 0.762. The molecular weight excluding hydrogens is 120 g/mol. The first-order valence-electron chi connectivity index (χ1n) is 2.83. The van der Waals surface area contributed by atoms with Crippen LogP contribution in [0.1, 0.15) is 13.3 Å². The molecule has 4 heteroatoms. The van der Waals surface area contributed by atoms with Crippen LogP contribution >= 0.6 is 0 Å². The van der Waals surface area contributed by atoms with E-state index < -0.39 is 12.0 Å². The third-order valence-electron chi connectivity index (χ3n) is 1.25. The van der Waals surface area contributed by atoms with Gasteiger partial charge >= 0.3 is 5.97 Å². The molecule has 2 atom stereocenters. The first-order valence-corrected chi connectivity index (χ1v) is 2.83. The molecule has 9 heavy (non-hydrogen) atoms. The van der Waals surface area contributed by atoms with E-state index in [1.54, 1.807) is 0 Å². The van der Waals surface area contributed by atoms with Gasteiger partial charge in [0.05, 0.1) is 6.04 Å². The van der Waals surface area contributed by atoms with Crippen molar-refractivity contribution in [1.29, 1.82) is 0 Å². The largest absolute Gasteiger partial charge is 0.480 e. The second-order valence-corrected chi connectivity index (χ2v) is 2.17. The molecule has 1 aliphatic rings. The van der Waals surface area contributed by atoms with Gasteiger partial charge in [0, 0.05) is 6.42 Å². The summed E-state index contributed by atoms with van der Waals surface area (Å²) in [6.07, 6.45) is 0.551. The molecule has 0 saturated heterocycles. The molecule has 0 bridgehead atoms. The van der Waals surface area contributed by atoms with Gasteiger partial charge < -0.3 is 5.11 Å². The molecule has 1 heterocycles. The normalized spacial score (nSPS) is 33.0. The number of carboxylic acids is 1. The van der Waals surface area contributed by atoms with Crippen LogP contribution in [0.3, 0.4) is 0 Å². The molecule has 50 valence electrons. The van der Waals surface area contributed by atoms with Gasteiger partial charge in [0.15, 0.2) is 6.04 Å². The highest BCUT2D eigenvalue weighted by molar-refractivity contribution is 5.73. The number of carboxylic acid groups (broad SMARTS) is 1. The van der Waals surface area contributed by atoms with Crippen LogP contribution in [-0.2, 0) is 4.79 Å². The van der Waals surface area contributed by atoms with Crippen molar-refractivity contribution in [1.82, 2.24) is 0 Å². The van der Waals surface area contributed by atoms with Crippen molar-refractivity contribution < 1.29 is 9.90 Å². The Morgan fingerprint density at radius 2 is 2.33 bits per heavy atom. The van der Waals surface area contributed by atoms with Gasteiger partial charge in [-0.2, -0.15) is 10.2 Å². The Morgan fingerprint density at radius 3 is 2.56 bits per heavy atom. The average Bonchev–Trinajstić information content (AvgIpc) is 2.14. The molecule has 2 unspecified atom stereocenters. The van der Waals surface area contributed by atoms with E-state index in [2.05, 4.69) is 10.2 Å². The first kappa shape index (κ1) is 6.19. The van der Waals surface area contributed by atoms with Crippen LogP contribution in [0.5, 0.6) is 0 Å². The SMILES string of the molecule is CC1CC(C(=O)O)N=N1. The summed E-state index contributed by atoms with van der Waals surface area (Å²) >= 11 is 0. The minimum absolute atomic E-state index is 0.0890. The van der Waals surface area contributed by atoms with E-state index in [9.17, 15) is 4.79 Å². The molecule has 0 amide bonds. The molecule has 0 aromatic heterocycles. The van der Waals surface area contributed by atoms with E-state index in [1.165, 1.54) is 0 Å². The van der Waals surface area contributed by atoms with Crippen molar-refractivity contribution >= 4 is 5.97 Å². The second kappa shape index (κ2) is 2.13. The zero-order chi connectivity index (χ0) is 6.85. The topological polar surface area (TPSA) is 62.0 Å². The van der Waals surface area contributed by atoms with E-state index in [0.717, 1.165) is 0 Å². The van der Waals surface area contributed by atoms with E-state index in [-0.39, 0.29) is 6.04 Å². The highest BCUT2D eigenvalue weighted by atomic mass is 16.4. The number of hydrogen-bond acceptors (Lipinski definition) is 3. The van der Waals surface area contributed by atoms with Crippen LogP contribution < -0.4 is 0 Å². The predicted octanol–water partition coefficient (Wildman–Crippen LogP) is 0.684. The Morgan fingerprint density at radius 1 is 1.67 bits per heavy atom. The minimum Gasteiger partial charge on any atom is -0.480 e. The third kappa shape index (κ3) is 1.25. The molecule has 4 nitrogen and oxygen atoms in total. The van der Waals surface area contributed by atoms with Crippen LogP contribution in [-0.4, -0.2) is 23.2 Å². The Kier molecular flexibility index (Phi) is 1.46. The molecule has 1 rings (SSSR count). The van der Waals surface area contributed by atoms with Gasteiger partial charge in [-0.3, -0.25) is 0 Å². The number of azo groups is 1. The predicted molar refractivity (Wildman–Crippen MR) is 30.4 cm³/mol. The van der Waals surface area contributed by atoms with Crippen LogP contribution in [0.2, 0.25) is 0 Å². The molecule has 0 aromatic carbocycles. The quantitative estimate of drug-likeness (QED) is 0.564.